The van der Waals surface area contributed by atoms with E-state index in [-0.39, 0.29) is 6.04 Å². The van der Waals surface area contributed by atoms with Crippen LogP contribution >= 0.6 is 0 Å². The highest BCUT2D eigenvalue weighted by Crippen LogP contribution is 2.13. The SMILES string of the molecule is CCCNC1CCN(CCN2CCCCC2)C1=O. The molecule has 1 atom stereocenters. The molecule has 0 aromatic carbocycles. The lowest BCUT2D eigenvalue weighted by Crippen LogP contribution is -2.42. The van der Waals surface area contributed by atoms with Crippen LogP contribution in [-0.4, -0.2) is 61.0 Å². The van der Waals surface area contributed by atoms with Crippen molar-refractivity contribution in [1.82, 2.24) is 15.1 Å². The fourth-order valence-electron chi connectivity index (χ4n) is 2.91. The molecular weight excluding hydrogens is 226 g/mol. The first kappa shape index (κ1) is 13.8. The number of hydrogen-bond acceptors (Lipinski definition) is 3. The molecule has 0 radical (unpaired) electrons. The molecule has 2 rings (SSSR count). The number of rotatable bonds is 6. The molecule has 2 fully saturated rings. The summed E-state index contributed by atoms with van der Waals surface area (Å²) in [4.78, 5) is 16.7. The maximum Gasteiger partial charge on any atom is 0.239 e. The van der Waals surface area contributed by atoms with Crippen molar-refractivity contribution in [2.24, 2.45) is 0 Å². The molecule has 18 heavy (non-hydrogen) atoms. The van der Waals surface area contributed by atoms with Gasteiger partial charge in [-0.05, 0) is 45.3 Å². The Morgan fingerprint density at radius 3 is 2.67 bits per heavy atom. The van der Waals surface area contributed by atoms with Gasteiger partial charge in [-0.2, -0.15) is 0 Å². The maximum absolute atomic E-state index is 12.1. The zero-order valence-corrected chi connectivity index (χ0v) is 11.7. The Balaban J connectivity index is 1.68. The summed E-state index contributed by atoms with van der Waals surface area (Å²) in [5, 5.41) is 3.34. The minimum Gasteiger partial charge on any atom is -0.340 e. The quantitative estimate of drug-likeness (QED) is 0.769. The number of nitrogens with one attached hydrogen (secondary N) is 1. The van der Waals surface area contributed by atoms with Crippen LogP contribution in [0.2, 0.25) is 0 Å². The monoisotopic (exact) mass is 253 g/mol. The van der Waals surface area contributed by atoms with Gasteiger partial charge in [0.1, 0.15) is 0 Å². The van der Waals surface area contributed by atoms with E-state index in [9.17, 15) is 4.79 Å². The van der Waals surface area contributed by atoms with E-state index in [1.165, 1.54) is 32.4 Å². The molecule has 0 aromatic heterocycles. The average molecular weight is 253 g/mol. The molecule has 1 N–H and O–H groups in total. The van der Waals surface area contributed by atoms with E-state index in [0.29, 0.717) is 5.91 Å². The largest absolute Gasteiger partial charge is 0.340 e. The van der Waals surface area contributed by atoms with Crippen molar-refractivity contribution < 1.29 is 4.79 Å². The fourth-order valence-corrected chi connectivity index (χ4v) is 2.91. The Hall–Kier alpha value is -0.610. The number of carbonyl (C=O) groups excluding carboxylic acids is 1. The van der Waals surface area contributed by atoms with Gasteiger partial charge in [-0.25, -0.2) is 0 Å². The highest BCUT2D eigenvalue weighted by Gasteiger charge is 2.30. The second-order valence-electron chi connectivity index (χ2n) is 5.52. The molecule has 0 bridgehead atoms. The number of nitrogens with zero attached hydrogens (tertiary/aromatic N) is 2. The molecule has 2 aliphatic heterocycles. The zero-order valence-electron chi connectivity index (χ0n) is 11.7. The molecule has 2 aliphatic rings. The lowest BCUT2D eigenvalue weighted by atomic mass is 10.1. The van der Waals surface area contributed by atoms with Crippen LogP contribution in [-0.2, 0) is 4.79 Å². The van der Waals surface area contributed by atoms with E-state index >= 15 is 0 Å². The molecule has 1 amide bonds. The van der Waals surface area contributed by atoms with Gasteiger partial charge in [0, 0.05) is 19.6 Å². The molecule has 104 valence electrons. The van der Waals surface area contributed by atoms with Crippen LogP contribution in [0.25, 0.3) is 0 Å². The molecule has 0 aromatic rings. The summed E-state index contributed by atoms with van der Waals surface area (Å²) in [5.74, 6) is 0.320. The van der Waals surface area contributed by atoms with Gasteiger partial charge in [0.25, 0.3) is 0 Å². The van der Waals surface area contributed by atoms with Crippen molar-refractivity contribution in [2.45, 2.75) is 45.1 Å². The summed E-state index contributed by atoms with van der Waals surface area (Å²) < 4.78 is 0. The van der Waals surface area contributed by atoms with Gasteiger partial charge in [0.2, 0.25) is 5.91 Å². The van der Waals surface area contributed by atoms with Crippen molar-refractivity contribution in [2.75, 3.05) is 39.3 Å². The van der Waals surface area contributed by atoms with E-state index in [2.05, 4.69) is 17.1 Å². The second kappa shape index (κ2) is 7.10. The molecule has 4 heteroatoms. The molecule has 0 spiro atoms. The Kier molecular flexibility index (Phi) is 5.45. The number of hydrogen-bond donors (Lipinski definition) is 1. The fraction of sp³-hybridized carbons (Fsp3) is 0.929. The first-order valence-corrected chi connectivity index (χ1v) is 7.56. The van der Waals surface area contributed by atoms with Gasteiger partial charge in [-0.1, -0.05) is 13.3 Å². The van der Waals surface area contributed by atoms with Gasteiger partial charge in [-0.3, -0.25) is 4.79 Å². The Morgan fingerprint density at radius 1 is 1.17 bits per heavy atom. The van der Waals surface area contributed by atoms with Crippen LogP contribution in [0.3, 0.4) is 0 Å². The first-order valence-electron chi connectivity index (χ1n) is 7.56. The Morgan fingerprint density at radius 2 is 1.94 bits per heavy atom. The zero-order chi connectivity index (χ0) is 12.8. The summed E-state index contributed by atoms with van der Waals surface area (Å²) in [6.07, 6.45) is 6.11. The summed E-state index contributed by atoms with van der Waals surface area (Å²) in [7, 11) is 0. The van der Waals surface area contributed by atoms with Gasteiger partial charge in [0.05, 0.1) is 6.04 Å². The lowest BCUT2D eigenvalue weighted by molar-refractivity contribution is -0.129. The van der Waals surface area contributed by atoms with E-state index in [0.717, 1.165) is 39.0 Å². The van der Waals surface area contributed by atoms with Crippen molar-refractivity contribution in [3.8, 4) is 0 Å². The topological polar surface area (TPSA) is 35.6 Å². The molecular formula is C14H27N3O. The standard InChI is InChI=1S/C14H27N3O/c1-2-7-15-13-6-10-17(14(13)18)12-11-16-8-4-3-5-9-16/h13,15H,2-12H2,1H3. The van der Waals surface area contributed by atoms with E-state index in [1.54, 1.807) is 0 Å². The smallest absolute Gasteiger partial charge is 0.239 e. The minimum absolute atomic E-state index is 0.0892. The molecule has 0 aliphatic carbocycles. The van der Waals surface area contributed by atoms with Crippen molar-refractivity contribution in [3.05, 3.63) is 0 Å². The highest BCUT2D eigenvalue weighted by atomic mass is 16.2. The van der Waals surface area contributed by atoms with Gasteiger partial charge in [-0.15, -0.1) is 0 Å². The van der Waals surface area contributed by atoms with Gasteiger partial charge >= 0.3 is 0 Å². The molecule has 2 saturated heterocycles. The van der Waals surface area contributed by atoms with Crippen LogP contribution in [0, 0.1) is 0 Å². The summed E-state index contributed by atoms with van der Waals surface area (Å²) in [6.45, 7) is 8.46. The van der Waals surface area contributed by atoms with Crippen LogP contribution in [0.15, 0.2) is 0 Å². The van der Waals surface area contributed by atoms with Crippen LogP contribution in [0.5, 0.6) is 0 Å². The van der Waals surface area contributed by atoms with E-state index in [1.807, 2.05) is 4.90 Å². The van der Waals surface area contributed by atoms with Gasteiger partial charge < -0.3 is 15.1 Å². The van der Waals surface area contributed by atoms with Crippen molar-refractivity contribution in [3.63, 3.8) is 0 Å². The average Bonchev–Trinajstić information content (AvgIpc) is 2.76. The summed E-state index contributed by atoms with van der Waals surface area (Å²) in [6, 6.07) is 0.0892. The summed E-state index contributed by atoms with van der Waals surface area (Å²) >= 11 is 0. The molecule has 0 saturated carbocycles. The third-order valence-electron chi connectivity index (χ3n) is 4.07. The van der Waals surface area contributed by atoms with E-state index < -0.39 is 0 Å². The third-order valence-corrected chi connectivity index (χ3v) is 4.07. The highest BCUT2D eigenvalue weighted by molar-refractivity contribution is 5.83. The minimum atomic E-state index is 0.0892. The van der Waals surface area contributed by atoms with Crippen LogP contribution in [0.1, 0.15) is 39.0 Å². The third kappa shape index (κ3) is 3.69. The first-order chi connectivity index (χ1) is 8.81. The lowest BCUT2D eigenvalue weighted by Gasteiger charge is -2.28. The van der Waals surface area contributed by atoms with Crippen LogP contribution in [0.4, 0.5) is 0 Å². The van der Waals surface area contributed by atoms with Crippen molar-refractivity contribution >= 4 is 5.91 Å². The predicted octanol–water partition coefficient (Wildman–Crippen LogP) is 1.07. The number of piperidine rings is 1. The number of carbonyl (C=O) groups is 1. The number of likely N-dealkylation sites (tertiary alicyclic amines) is 2. The van der Waals surface area contributed by atoms with E-state index in [4.69, 9.17) is 0 Å². The molecule has 1 unspecified atom stereocenters. The maximum atomic E-state index is 12.1. The Bertz CT molecular complexity index is 264. The predicted molar refractivity (Wildman–Crippen MR) is 73.6 cm³/mol. The second-order valence-corrected chi connectivity index (χ2v) is 5.52. The van der Waals surface area contributed by atoms with Crippen LogP contribution < -0.4 is 5.32 Å². The number of amides is 1. The normalized spacial score (nSPS) is 25.9. The summed E-state index contributed by atoms with van der Waals surface area (Å²) in [5.41, 5.74) is 0. The molecule has 2 heterocycles. The van der Waals surface area contributed by atoms with Gasteiger partial charge in [0.15, 0.2) is 0 Å². The molecule has 4 nitrogen and oxygen atoms in total. The van der Waals surface area contributed by atoms with Crippen molar-refractivity contribution in [1.29, 1.82) is 0 Å². The Labute approximate surface area is 111 Å².